The van der Waals surface area contributed by atoms with Gasteiger partial charge in [0.2, 0.25) is 0 Å². The van der Waals surface area contributed by atoms with E-state index >= 15 is 0 Å². The van der Waals surface area contributed by atoms with Crippen LogP contribution in [0.2, 0.25) is 0 Å². The first kappa shape index (κ1) is 14.3. The number of hydrogen-bond donors (Lipinski definition) is 1. The summed E-state index contributed by atoms with van der Waals surface area (Å²) in [5.74, 6) is 1.02. The topological polar surface area (TPSA) is 29.5 Å². The summed E-state index contributed by atoms with van der Waals surface area (Å²) < 4.78 is 19.2. The average Bonchev–Trinajstić information content (AvgIpc) is 2.41. The molecule has 0 aliphatic heterocycles. The molecule has 1 aliphatic carbocycles. The fourth-order valence-corrected chi connectivity index (χ4v) is 2.85. The Morgan fingerprint density at radius 1 is 1.42 bits per heavy atom. The Kier molecular flexibility index (Phi) is 4.81. The molecule has 1 aromatic carbocycles. The number of halogens is 1. The van der Waals surface area contributed by atoms with Gasteiger partial charge in [-0.1, -0.05) is 19.8 Å². The summed E-state index contributed by atoms with van der Waals surface area (Å²) in [6, 6.07) is 4.38. The molecule has 0 spiro atoms. The molecule has 0 heterocycles. The Hall–Kier alpha value is -1.09. The van der Waals surface area contributed by atoms with Crippen molar-refractivity contribution in [3.63, 3.8) is 0 Å². The van der Waals surface area contributed by atoms with E-state index in [1.165, 1.54) is 31.4 Å². The van der Waals surface area contributed by atoms with Crippen LogP contribution in [-0.2, 0) is 0 Å². The second-order valence-electron chi connectivity index (χ2n) is 5.54. The molecule has 0 saturated heterocycles. The van der Waals surface area contributed by atoms with Gasteiger partial charge < -0.3 is 9.84 Å². The summed E-state index contributed by atoms with van der Waals surface area (Å²) in [5.41, 5.74) is 0.540. The molecule has 19 heavy (non-hydrogen) atoms. The van der Waals surface area contributed by atoms with E-state index in [2.05, 4.69) is 6.92 Å². The van der Waals surface area contributed by atoms with Crippen LogP contribution in [0.15, 0.2) is 18.2 Å². The van der Waals surface area contributed by atoms with Gasteiger partial charge in [-0.25, -0.2) is 4.39 Å². The second kappa shape index (κ2) is 6.38. The molecule has 1 fully saturated rings. The van der Waals surface area contributed by atoms with E-state index in [1.54, 1.807) is 13.0 Å². The molecule has 0 radical (unpaired) electrons. The molecule has 1 saturated carbocycles. The van der Waals surface area contributed by atoms with Gasteiger partial charge in [-0.2, -0.15) is 0 Å². The predicted octanol–water partition coefficient (Wildman–Crippen LogP) is 4.23. The van der Waals surface area contributed by atoms with Gasteiger partial charge in [-0.3, -0.25) is 0 Å². The molecule has 1 aromatic rings. The first-order chi connectivity index (χ1) is 9.10. The first-order valence-corrected chi connectivity index (χ1v) is 7.24. The highest BCUT2D eigenvalue weighted by atomic mass is 19.1. The first-order valence-electron chi connectivity index (χ1n) is 7.24. The SMILES string of the molecule is CCC1CCCC(Oc2ccc(F)cc2[C@@H](C)O)C1. The van der Waals surface area contributed by atoms with E-state index in [0.29, 0.717) is 11.3 Å². The van der Waals surface area contributed by atoms with Gasteiger partial charge in [0.05, 0.1) is 12.2 Å². The lowest BCUT2D eigenvalue weighted by molar-refractivity contribution is 0.115. The van der Waals surface area contributed by atoms with Crippen LogP contribution >= 0.6 is 0 Å². The number of ether oxygens (including phenoxy) is 1. The molecule has 2 unspecified atom stereocenters. The molecule has 2 nitrogen and oxygen atoms in total. The van der Waals surface area contributed by atoms with Gasteiger partial charge >= 0.3 is 0 Å². The average molecular weight is 266 g/mol. The third kappa shape index (κ3) is 3.69. The fraction of sp³-hybridized carbons (Fsp3) is 0.625. The van der Waals surface area contributed by atoms with Crippen molar-refractivity contribution >= 4 is 0 Å². The lowest BCUT2D eigenvalue weighted by Gasteiger charge is -2.29. The van der Waals surface area contributed by atoms with Crippen LogP contribution in [-0.4, -0.2) is 11.2 Å². The number of rotatable bonds is 4. The second-order valence-corrected chi connectivity index (χ2v) is 5.54. The monoisotopic (exact) mass is 266 g/mol. The highest BCUT2D eigenvalue weighted by Gasteiger charge is 2.23. The maximum Gasteiger partial charge on any atom is 0.125 e. The number of aliphatic hydroxyl groups excluding tert-OH is 1. The van der Waals surface area contributed by atoms with Gasteiger partial charge in [0.25, 0.3) is 0 Å². The van der Waals surface area contributed by atoms with Crippen molar-refractivity contribution in [1.29, 1.82) is 0 Å². The van der Waals surface area contributed by atoms with E-state index in [4.69, 9.17) is 4.74 Å². The quantitative estimate of drug-likeness (QED) is 0.883. The molecular weight excluding hydrogens is 243 g/mol. The standard InChI is InChI=1S/C16H23FO2/c1-3-12-5-4-6-14(9-12)19-16-8-7-13(17)10-15(16)11(2)18/h7-8,10-12,14,18H,3-6,9H2,1-2H3/t11-,12?,14?/m1/s1. The highest BCUT2D eigenvalue weighted by molar-refractivity contribution is 5.35. The van der Waals surface area contributed by atoms with Crippen LogP contribution in [0.4, 0.5) is 4.39 Å². The Labute approximate surface area is 114 Å². The predicted molar refractivity (Wildman–Crippen MR) is 73.7 cm³/mol. The van der Waals surface area contributed by atoms with Crippen molar-refractivity contribution in [2.45, 2.75) is 58.2 Å². The summed E-state index contributed by atoms with van der Waals surface area (Å²) in [6.07, 6.45) is 5.25. The van der Waals surface area contributed by atoms with Crippen molar-refractivity contribution in [1.82, 2.24) is 0 Å². The van der Waals surface area contributed by atoms with Crippen molar-refractivity contribution in [3.8, 4) is 5.75 Å². The summed E-state index contributed by atoms with van der Waals surface area (Å²) in [6.45, 7) is 3.85. The smallest absolute Gasteiger partial charge is 0.125 e. The van der Waals surface area contributed by atoms with E-state index in [1.807, 2.05) is 0 Å². The Morgan fingerprint density at radius 3 is 2.89 bits per heavy atom. The van der Waals surface area contributed by atoms with Crippen molar-refractivity contribution in [3.05, 3.63) is 29.6 Å². The Balaban J connectivity index is 2.10. The lowest BCUT2D eigenvalue weighted by atomic mass is 9.85. The van der Waals surface area contributed by atoms with Crippen LogP contribution in [0, 0.1) is 11.7 Å². The minimum absolute atomic E-state index is 0.196. The van der Waals surface area contributed by atoms with E-state index < -0.39 is 6.10 Å². The molecule has 0 bridgehead atoms. The zero-order valence-corrected chi connectivity index (χ0v) is 11.7. The van der Waals surface area contributed by atoms with E-state index in [0.717, 1.165) is 18.8 Å². The minimum Gasteiger partial charge on any atom is -0.490 e. The van der Waals surface area contributed by atoms with Gasteiger partial charge in [-0.15, -0.1) is 0 Å². The minimum atomic E-state index is -0.712. The molecular formula is C16H23FO2. The van der Waals surface area contributed by atoms with Crippen LogP contribution in [0.1, 0.15) is 57.6 Å². The molecule has 3 atom stereocenters. The zero-order chi connectivity index (χ0) is 13.8. The molecule has 1 N–H and O–H groups in total. The molecule has 1 aliphatic rings. The van der Waals surface area contributed by atoms with Crippen molar-refractivity contribution in [2.24, 2.45) is 5.92 Å². The lowest BCUT2D eigenvalue weighted by Crippen LogP contribution is -2.25. The summed E-state index contributed by atoms with van der Waals surface area (Å²) in [7, 11) is 0. The Bertz CT molecular complexity index is 417. The molecule has 2 rings (SSSR count). The molecule has 0 aromatic heterocycles. The van der Waals surface area contributed by atoms with Crippen molar-refractivity contribution in [2.75, 3.05) is 0 Å². The normalized spacial score (nSPS) is 25.1. The van der Waals surface area contributed by atoms with E-state index in [9.17, 15) is 9.50 Å². The molecule has 0 amide bonds. The van der Waals surface area contributed by atoms with E-state index in [-0.39, 0.29) is 11.9 Å². The summed E-state index contributed by atoms with van der Waals surface area (Å²) in [5, 5.41) is 9.71. The van der Waals surface area contributed by atoms with Gasteiger partial charge in [0.1, 0.15) is 11.6 Å². The van der Waals surface area contributed by atoms with Gasteiger partial charge in [0.15, 0.2) is 0 Å². The van der Waals surface area contributed by atoms with Gasteiger partial charge in [0, 0.05) is 5.56 Å². The maximum absolute atomic E-state index is 13.2. The van der Waals surface area contributed by atoms with Crippen LogP contribution in [0.5, 0.6) is 5.75 Å². The largest absolute Gasteiger partial charge is 0.490 e. The number of hydrogen-bond acceptors (Lipinski definition) is 2. The fourth-order valence-electron chi connectivity index (χ4n) is 2.85. The van der Waals surface area contributed by atoms with Crippen LogP contribution in [0.25, 0.3) is 0 Å². The maximum atomic E-state index is 13.2. The van der Waals surface area contributed by atoms with Gasteiger partial charge in [-0.05, 0) is 50.3 Å². The number of benzene rings is 1. The number of aliphatic hydroxyl groups is 1. The highest BCUT2D eigenvalue weighted by Crippen LogP contribution is 2.32. The zero-order valence-electron chi connectivity index (χ0n) is 11.7. The molecule has 106 valence electrons. The van der Waals surface area contributed by atoms with Crippen LogP contribution < -0.4 is 4.74 Å². The molecule has 3 heteroatoms. The van der Waals surface area contributed by atoms with Crippen molar-refractivity contribution < 1.29 is 14.2 Å². The summed E-state index contributed by atoms with van der Waals surface area (Å²) in [4.78, 5) is 0. The third-order valence-electron chi connectivity index (χ3n) is 4.03. The summed E-state index contributed by atoms with van der Waals surface area (Å²) >= 11 is 0. The van der Waals surface area contributed by atoms with Crippen LogP contribution in [0.3, 0.4) is 0 Å². The Morgan fingerprint density at radius 2 is 2.21 bits per heavy atom. The third-order valence-corrected chi connectivity index (χ3v) is 4.03.